The number of aromatic nitrogens is 1. The molecule has 2 saturated heterocycles. The molecule has 144 valence electrons. The molecule has 2 aromatic rings. The summed E-state index contributed by atoms with van der Waals surface area (Å²) in [6, 6.07) is 9.34. The molecule has 0 spiro atoms. The number of halogens is 1. The van der Waals surface area contributed by atoms with Crippen molar-refractivity contribution in [2.24, 2.45) is 0 Å². The number of ether oxygens (including phenoxy) is 1. The van der Waals surface area contributed by atoms with Crippen LogP contribution in [0.15, 0.2) is 36.5 Å². The fraction of sp³-hybridized carbons (Fsp3) is 0.476. The number of aliphatic hydroxyl groups excluding tert-OH is 1. The smallest absolute Gasteiger partial charge is 0.151 e. The Kier molecular flexibility index (Phi) is 5.27. The van der Waals surface area contributed by atoms with Crippen molar-refractivity contribution >= 4 is 11.4 Å². The minimum atomic E-state index is -0.321. The largest absolute Gasteiger partial charge is 0.392 e. The number of hydrogen-bond acceptors (Lipinski definition) is 5. The Hall–Kier alpha value is -2.18. The zero-order valence-corrected chi connectivity index (χ0v) is 15.6. The van der Waals surface area contributed by atoms with E-state index < -0.39 is 0 Å². The molecule has 2 fully saturated rings. The van der Waals surface area contributed by atoms with Gasteiger partial charge in [0.2, 0.25) is 0 Å². The van der Waals surface area contributed by atoms with Crippen molar-refractivity contribution in [3.63, 3.8) is 0 Å². The molecule has 2 aliphatic rings. The first-order valence-electron chi connectivity index (χ1n) is 9.60. The van der Waals surface area contributed by atoms with Crippen LogP contribution in [0.5, 0.6) is 0 Å². The molecular weight excluding hydrogens is 345 g/mol. The highest BCUT2D eigenvalue weighted by atomic mass is 19.1. The average Bonchev–Trinajstić information content (AvgIpc) is 2.66. The van der Waals surface area contributed by atoms with E-state index in [1.54, 1.807) is 18.2 Å². The van der Waals surface area contributed by atoms with Crippen LogP contribution in [0.4, 0.5) is 15.8 Å². The number of aryl methyl sites for hydroxylation is 1. The maximum atomic E-state index is 14.3. The first-order valence-corrected chi connectivity index (χ1v) is 9.60. The molecule has 1 aromatic heterocycles. The molecular formula is C21H26FN3O2. The maximum absolute atomic E-state index is 14.3. The zero-order valence-electron chi connectivity index (χ0n) is 15.6. The van der Waals surface area contributed by atoms with Gasteiger partial charge in [0.1, 0.15) is 0 Å². The molecule has 3 heterocycles. The molecule has 2 aliphatic heterocycles. The number of hydrogen-bond donors (Lipinski definition) is 1. The van der Waals surface area contributed by atoms with E-state index in [0.717, 1.165) is 31.6 Å². The van der Waals surface area contributed by atoms with Gasteiger partial charge >= 0.3 is 0 Å². The first-order chi connectivity index (χ1) is 13.1. The van der Waals surface area contributed by atoms with Crippen LogP contribution in [-0.4, -0.2) is 48.5 Å². The lowest BCUT2D eigenvalue weighted by atomic mass is 10.0. The van der Waals surface area contributed by atoms with E-state index in [1.807, 2.05) is 24.1 Å². The van der Waals surface area contributed by atoms with Crippen LogP contribution in [0.2, 0.25) is 0 Å². The third-order valence-corrected chi connectivity index (χ3v) is 5.51. The molecule has 0 aliphatic carbocycles. The van der Waals surface area contributed by atoms with Gasteiger partial charge in [-0.2, -0.15) is 0 Å². The SMILES string of the molecule is Cc1ccc(N2CCC(OC3CN(c4cccc(CO)c4F)C3)CC2)cn1. The number of piperidine rings is 1. The Morgan fingerprint density at radius 2 is 1.89 bits per heavy atom. The Morgan fingerprint density at radius 3 is 2.56 bits per heavy atom. The molecule has 1 N–H and O–H groups in total. The van der Waals surface area contributed by atoms with E-state index in [2.05, 4.69) is 16.0 Å². The molecule has 27 heavy (non-hydrogen) atoms. The number of nitrogens with zero attached hydrogens (tertiary/aromatic N) is 3. The summed E-state index contributed by atoms with van der Waals surface area (Å²) in [6.07, 6.45) is 4.35. The van der Waals surface area contributed by atoms with Gasteiger partial charge in [0.05, 0.1) is 36.4 Å². The summed E-state index contributed by atoms with van der Waals surface area (Å²) in [5.41, 5.74) is 3.11. The highest BCUT2D eigenvalue weighted by molar-refractivity contribution is 5.52. The lowest BCUT2D eigenvalue weighted by Gasteiger charge is -2.44. The van der Waals surface area contributed by atoms with Gasteiger partial charge in [-0.1, -0.05) is 12.1 Å². The number of aliphatic hydroxyl groups is 1. The Morgan fingerprint density at radius 1 is 1.11 bits per heavy atom. The molecule has 0 saturated carbocycles. The summed E-state index contributed by atoms with van der Waals surface area (Å²) in [6.45, 7) is 5.07. The van der Waals surface area contributed by atoms with Gasteiger partial charge in [-0.3, -0.25) is 4.98 Å². The highest BCUT2D eigenvalue weighted by Gasteiger charge is 2.33. The second kappa shape index (κ2) is 7.82. The molecule has 1 aromatic carbocycles. The third kappa shape index (κ3) is 3.92. The molecule has 0 atom stereocenters. The van der Waals surface area contributed by atoms with Crippen LogP contribution in [0.1, 0.15) is 24.1 Å². The van der Waals surface area contributed by atoms with Crippen molar-refractivity contribution in [3.8, 4) is 0 Å². The molecule has 4 rings (SSSR count). The molecule has 0 unspecified atom stereocenters. The first kappa shape index (κ1) is 18.2. The maximum Gasteiger partial charge on any atom is 0.151 e. The van der Waals surface area contributed by atoms with Crippen LogP contribution < -0.4 is 9.80 Å². The Balaban J connectivity index is 1.25. The Bertz CT molecular complexity index is 769. The fourth-order valence-electron chi connectivity index (χ4n) is 3.82. The second-order valence-corrected chi connectivity index (χ2v) is 7.42. The van der Waals surface area contributed by atoms with E-state index >= 15 is 0 Å². The summed E-state index contributed by atoms with van der Waals surface area (Å²) in [5, 5.41) is 9.21. The van der Waals surface area contributed by atoms with Crippen molar-refractivity contribution in [1.82, 2.24) is 4.98 Å². The predicted octanol–water partition coefficient (Wildman–Crippen LogP) is 2.90. The van der Waals surface area contributed by atoms with E-state index in [1.165, 1.54) is 5.69 Å². The lowest BCUT2D eigenvalue weighted by Crippen LogP contribution is -2.54. The lowest BCUT2D eigenvalue weighted by molar-refractivity contribution is -0.0360. The van der Waals surface area contributed by atoms with Gasteiger partial charge in [0.15, 0.2) is 5.82 Å². The van der Waals surface area contributed by atoms with Crippen LogP contribution in [0.25, 0.3) is 0 Å². The van der Waals surface area contributed by atoms with Crippen molar-refractivity contribution in [3.05, 3.63) is 53.6 Å². The summed E-state index contributed by atoms with van der Waals surface area (Å²) in [4.78, 5) is 8.71. The fourth-order valence-corrected chi connectivity index (χ4v) is 3.82. The van der Waals surface area contributed by atoms with Crippen LogP contribution in [-0.2, 0) is 11.3 Å². The summed E-state index contributed by atoms with van der Waals surface area (Å²) < 4.78 is 20.5. The third-order valence-electron chi connectivity index (χ3n) is 5.51. The molecule has 0 radical (unpaired) electrons. The van der Waals surface area contributed by atoms with Crippen LogP contribution in [0.3, 0.4) is 0 Å². The molecule has 5 nitrogen and oxygen atoms in total. The normalized spacial score (nSPS) is 18.6. The Labute approximate surface area is 159 Å². The van der Waals surface area contributed by atoms with Crippen molar-refractivity contribution in [2.75, 3.05) is 36.0 Å². The van der Waals surface area contributed by atoms with Crippen molar-refractivity contribution in [1.29, 1.82) is 0 Å². The van der Waals surface area contributed by atoms with Gasteiger partial charge in [-0.15, -0.1) is 0 Å². The number of anilines is 2. The number of rotatable bonds is 5. The minimum absolute atomic E-state index is 0.153. The van der Waals surface area contributed by atoms with Gasteiger partial charge < -0.3 is 19.6 Å². The number of benzene rings is 1. The highest BCUT2D eigenvalue weighted by Crippen LogP contribution is 2.29. The van der Waals surface area contributed by atoms with E-state index in [9.17, 15) is 9.50 Å². The van der Waals surface area contributed by atoms with E-state index in [4.69, 9.17) is 4.74 Å². The summed E-state index contributed by atoms with van der Waals surface area (Å²) in [5.74, 6) is -0.321. The van der Waals surface area contributed by atoms with E-state index in [-0.39, 0.29) is 24.6 Å². The van der Waals surface area contributed by atoms with E-state index in [0.29, 0.717) is 24.3 Å². The monoisotopic (exact) mass is 371 g/mol. The average molecular weight is 371 g/mol. The van der Waals surface area contributed by atoms with Crippen LogP contribution >= 0.6 is 0 Å². The van der Waals surface area contributed by atoms with Crippen molar-refractivity contribution in [2.45, 2.75) is 38.6 Å². The zero-order chi connectivity index (χ0) is 18.8. The van der Waals surface area contributed by atoms with Gasteiger partial charge in [0, 0.05) is 37.4 Å². The summed E-state index contributed by atoms with van der Waals surface area (Å²) in [7, 11) is 0. The molecule has 0 bridgehead atoms. The molecule has 0 amide bonds. The second-order valence-electron chi connectivity index (χ2n) is 7.42. The molecule has 6 heteroatoms. The van der Waals surface area contributed by atoms with Crippen LogP contribution in [0, 0.1) is 12.7 Å². The van der Waals surface area contributed by atoms with Crippen molar-refractivity contribution < 1.29 is 14.2 Å². The quantitative estimate of drug-likeness (QED) is 0.876. The van der Waals surface area contributed by atoms with Gasteiger partial charge in [0.25, 0.3) is 0 Å². The standard InChI is InChI=1S/C21H26FN3O2/c1-15-5-6-17(11-23-15)24-9-7-18(8-10-24)27-19-12-25(13-19)20-4-2-3-16(14-26)21(20)22/h2-6,11,18-19,26H,7-10,12-14H2,1H3. The van der Waals surface area contributed by atoms with Gasteiger partial charge in [-0.25, -0.2) is 4.39 Å². The topological polar surface area (TPSA) is 48.8 Å². The predicted molar refractivity (Wildman–Crippen MR) is 104 cm³/mol. The minimum Gasteiger partial charge on any atom is -0.392 e. The summed E-state index contributed by atoms with van der Waals surface area (Å²) >= 11 is 0. The van der Waals surface area contributed by atoms with Gasteiger partial charge in [-0.05, 0) is 38.0 Å². The number of pyridine rings is 1.